The summed E-state index contributed by atoms with van der Waals surface area (Å²) >= 11 is 0. The summed E-state index contributed by atoms with van der Waals surface area (Å²) in [6.07, 6.45) is 0. The van der Waals surface area contributed by atoms with Crippen LogP contribution in [-0.2, 0) is 0 Å². The van der Waals surface area contributed by atoms with Gasteiger partial charge in [0.25, 0.3) is 0 Å². The maximum absolute atomic E-state index is 5.58. The molecule has 1 atom stereocenters. The summed E-state index contributed by atoms with van der Waals surface area (Å²) in [6.45, 7) is 2.59. The van der Waals surface area contributed by atoms with E-state index in [2.05, 4.69) is 15.0 Å². The van der Waals surface area contributed by atoms with Crippen molar-refractivity contribution in [3.05, 3.63) is 18.0 Å². The summed E-state index contributed by atoms with van der Waals surface area (Å²) in [5, 5.41) is 0. The molecule has 3 N–H and O–H groups in total. The molecule has 2 aromatic heterocycles. The number of rotatable bonds is 3. The second kappa shape index (κ2) is 3.86. The van der Waals surface area contributed by atoms with Crippen LogP contribution in [0.1, 0.15) is 18.7 Å². The standard InChI is InChI=1S/C10H14N4O/c1-6(5-11)9-12-7-3-4-8(15-2)13-10(7)14-9/h3-4,6H,5,11H2,1-2H3,(H,12,13,14). The van der Waals surface area contributed by atoms with Crippen LogP contribution >= 0.6 is 0 Å². The second-order valence-electron chi connectivity index (χ2n) is 3.48. The highest BCUT2D eigenvalue weighted by Crippen LogP contribution is 2.17. The van der Waals surface area contributed by atoms with E-state index in [1.165, 1.54) is 0 Å². The Morgan fingerprint density at radius 1 is 1.47 bits per heavy atom. The van der Waals surface area contributed by atoms with Crippen molar-refractivity contribution < 1.29 is 4.74 Å². The van der Waals surface area contributed by atoms with Crippen molar-refractivity contribution in [2.24, 2.45) is 5.73 Å². The van der Waals surface area contributed by atoms with Crippen molar-refractivity contribution in [1.82, 2.24) is 15.0 Å². The Kier molecular flexibility index (Phi) is 2.55. The van der Waals surface area contributed by atoms with Crippen LogP contribution in [0.3, 0.4) is 0 Å². The summed E-state index contributed by atoms with van der Waals surface area (Å²) in [5.41, 5.74) is 7.16. The molecule has 0 saturated heterocycles. The number of aromatic amines is 1. The Hall–Kier alpha value is -1.62. The number of methoxy groups -OCH3 is 1. The van der Waals surface area contributed by atoms with Crippen molar-refractivity contribution in [2.75, 3.05) is 13.7 Å². The lowest BCUT2D eigenvalue weighted by atomic mass is 10.2. The van der Waals surface area contributed by atoms with Crippen molar-refractivity contribution in [1.29, 1.82) is 0 Å². The van der Waals surface area contributed by atoms with E-state index in [4.69, 9.17) is 10.5 Å². The fraction of sp³-hybridized carbons (Fsp3) is 0.400. The molecule has 0 amide bonds. The third-order valence-corrected chi connectivity index (χ3v) is 2.37. The fourth-order valence-electron chi connectivity index (χ4n) is 1.35. The lowest BCUT2D eigenvalue weighted by Gasteiger charge is -2.01. The van der Waals surface area contributed by atoms with E-state index in [1.807, 2.05) is 13.0 Å². The van der Waals surface area contributed by atoms with Gasteiger partial charge in [0.05, 0.1) is 12.6 Å². The number of imidazole rings is 1. The Morgan fingerprint density at radius 2 is 2.27 bits per heavy atom. The zero-order chi connectivity index (χ0) is 10.8. The van der Waals surface area contributed by atoms with E-state index in [0.717, 1.165) is 11.3 Å². The van der Waals surface area contributed by atoms with Gasteiger partial charge < -0.3 is 15.5 Å². The Balaban J connectivity index is 2.46. The highest BCUT2D eigenvalue weighted by Gasteiger charge is 2.10. The van der Waals surface area contributed by atoms with Gasteiger partial charge in [0, 0.05) is 18.5 Å². The highest BCUT2D eigenvalue weighted by molar-refractivity contribution is 5.71. The Morgan fingerprint density at radius 3 is 2.93 bits per heavy atom. The van der Waals surface area contributed by atoms with E-state index in [0.29, 0.717) is 18.1 Å². The average molecular weight is 206 g/mol. The van der Waals surface area contributed by atoms with Crippen LogP contribution in [0.2, 0.25) is 0 Å². The topological polar surface area (TPSA) is 76.8 Å². The number of nitrogens with one attached hydrogen (secondary N) is 1. The molecule has 2 rings (SSSR count). The SMILES string of the molecule is COc1ccc2[nH]c(C(C)CN)nc2n1. The predicted octanol–water partition coefficient (Wildman–Crippen LogP) is 1.03. The molecule has 2 heterocycles. The van der Waals surface area contributed by atoms with E-state index in [1.54, 1.807) is 13.2 Å². The van der Waals surface area contributed by atoms with Crippen molar-refractivity contribution >= 4 is 11.2 Å². The lowest BCUT2D eigenvalue weighted by Crippen LogP contribution is -2.10. The molecule has 5 heteroatoms. The van der Waals surface area contributed by atoms with Crippen LogP contribution in [0.5, 0.6) is 5.88 Å². The van der Waals surface area contributed by atoms with Gasteiger partial charge in [-0.3, -0.25) is 0 Å². The summed E-state index contributed by atoms with van der Waals surface area (Å²) < 4.78 is 5.03. The van der Waals surface area contributed by atoms with Crippen LogP contribution in [0, 0.1) is 0 Å². The van der Waals surface area contributed by atoms with Crippen molar-refractivity contribution in [2.45, 2.75) is 12.8 Å². The number of pyridine rings is 1. The van der Waals surface area contributed by atoms with Gasteiger partial charge in [-0.25, -0.2) is 4.98 Å². The van der Waals surface area contributed by atoms with Crippen LogP contribution in [-0.4, -0.2) is 28.6 Å². The first-order valence-corrected chi connectivity index (χ1v) is 4.85. The monoisotopic (exact) mass is 206 g/mol. The minimum Gasteiger partial charge on any atom is -0.481 e. The number of hydrogen-bond acceptors (Lipinski definition) is 4. The van der Waals surface area contributed by atoms with E-state index < -0.39 is 0 Å². The summed E-state index contributed by atoms with van der Waals surface area (Å²) in [7, 11) is 1.59. The van der Waals surface area contributed by atoms with Crippen LogP contribution < -0.4 is 10.5 Å². The van der Waals surface area contributed by atoms with Crippen LogP contribution in [0.15, 0.2) is 12.1 Å². The number of hydrogen-bond donors (Lipinski definition) is 2. The number of nitrogens with two attached hydrogens (primary N) is 1. The lowest BCUT2D eigenvalue weighted by molar-refractivity contribution is 0.399. The third kappa shape index (κ3) is 1.78. The number of aromatic nitrogens is 3. The molecule has 0 fully saturated rings. The molecule has 15 heavy (non-hydrogen) atoms. The van der Waals surface area contributed by atoms with Crippen LogP contribution in [0.4, 0.5) is 0 Å². The van der Waals surface area contributed by atoms with E-state index in [9.17, 15) is 0 Å². The third-order valence-electron chi connectivity index (χ3n) is 2.37. The first-order chi connectivity index (χ1) is 7.24. The minimum absolute atomic E-state index is 0.213. The normalized spacial score (nSPS) is 13.0. The molecule has 0 aromatic carbocycles. The van der Waals surface area contributed by atoms with Gasteiger partial charge in [-0.15, -0.1) is 0 Å². The smallest absolute Gasteiger partial charge is 0.215 e. The molecular formula is C10H14N4O. The molecular weight excluding hydrogens is 192 g/mol. The summed E-state index contributed by atoms with van der Waals surface area (Å²) in [4.78, 5) is 11.8. The summed E-state index contributed by atoms with van der Waals surface area (Å²) in [5.74, 6) is 1.65. The molecule has 0 aliphatic rings. The van der Waals surface area contributed by atoms with Gasteiger partial charge in [0.1, 0.15) is 5.82 Å². The molecule has 1 unspecified atom stereocenters. The number of nitrogens with zero attached hydrogens (tertiary/aromatic N) is 2. The molecule has 0 aliphatic heterocycles. The molecule has 0 spiro atoms. The zero-order valence-corrected chi connectivity index (χ0v) is 8.82. The van der Waals surface area contributed by atoms with Crippen LogP contribution in [0.25, 0.3) is 11.2 Å². The highest BCUT2D eigenvalue weighted by atomic mass is 16.5. The number of fused-ring (bicyclic) bond motifs is 1. The van der Waals surface area contributed by atoms with Gasteiger partial charge in [-0.1, -0.05) is 6.92 Å². The quantitative estimate of drug-likeness (QED) is 0.786. The molecule has 0 radical (unpaired) electrons. The molecule has 5 nitrogen and oxygen atoms in total. The van der Waals surface area contributed by atoms with Gasteiger partial charge >= 0.3 is 0 Å². The summed E-state index contributed by atoms with van der Waals surface area (Å²) in [6, 6.07) is 3.71. The van der Waals surface area contributed by atoms with Gasteiger partial charge in [0.15, 0.2) is 5.65 Å². The first kappa shape index (κ1) is 9.92. The zero-order valence-electron chi connectivity index (χ0n) is 8.82. The second-order valence-corrected chi connectivity index (χ2v) is 3.48. The molecule has 0 aliphatic carbocycles. The molecule has 0 bridgehead atoms. The molecule has 2 aromatic rings. The van der Waals surface area contributed by atoms with E-state index in [-0.39, 0.29) is 5.92 Å². The molecule has 0 saturated carbocycles. The van der Waals surface area contributed by atoms with Gasteiger partial charge in [-0.2, -0.15) is 4.98 Å². The fourth-order valence-corrected chi connectivity index (χ4v) is 1.35. The maximum atomic E-state index is 5.58. The minimum atomic E-state index is 0.213. The number of H-pyrrole nitrogens is 1. The average Bonchev–Trinajstić information content (AvgIpc) is 2.70. The maximum Gasteiger partial charge on any atom is 0.215 e. The molecule has 80 valence electrons. The van der Waals surface area contributed by atoms with Crippen molar-refractivity contribution in [3.8, 4) is 5.88 Å². The number of ether oxygens (including phenoxy) is 1. The van der Waals surface area contributed by atoms with Gasteiger partial charge in [0.2, 0.25) is 5.88 Å². The Bertz CT molecular complexity index is 465. The predicted molar refractivity (Wildman–Crippen MR) is 57.9 cm³/mol. The Labute approximate surface area is 87.7 Å². The van der Waals surface area contributed by atoms with E-state index >= 15 is 0 Å². The largest absolute Gasteiger partial charge is 0.481 e. The van der Waals surface area contributed by atoms with Crippen molar-refractivity contribution in [3.63, 3.8) is 0 Å². The first-order valence-electron chi connectivity index (χ1n) is 4.85. The van der Waals surface area contributed by atoms with Gasteiger partial charge in [-0.05, 0) is 6.07 Å².